The van der Waals surface area contributed by atoms with Crippen LogP contribution in [0.25, 0.3) is 10.9 Å². The average Bonchev–Trinajstić information content (AvgIpc) is 3.20. The molecule has 0 unspecified atom stereocenters. The highest BCUT2D eigenvalue weighted by Gasteiger charge is 2.33. The molecule has 3 heterocycles. The number of fused-ring (bicyclic) bond motifs is 1. The predicted octanol–water partition coefficient (Wildman–Crippen LogP) is 3.08. The van der Waals surface area contributed by atoms with Crippen LogP contribution >= 0.6 is 0 Å². The molecule has 2 N–H and O–H groups in total. The number of pyridine rings is 1. The van der Waals surface area contributed by atoms with Crippen LogP contribution in [0.15, 0.2) is 42.6 Å². The molecule has 8 nitrogen and oxygen atoms in total. The number of halogens is 3. The lowest BCUT2D eigenvalue weighted by Gasteiger charge is -2.34. The summed E-state index contributed by atoms with van der Waals surface area (Å²) < 4.78 is 40.0. The van der Waals surface area contributed by atoms with E-state index in [4.69, 9.17) is 0 Å². The molecule has 0 saturated carbocycles. The van der Waals surface area contributed by atoms with Gasteiger partial charge in [0, 0.05) is 23.8 Å². The lowest BCUT2D eigenvalue weighted by Crippen LogP contribution is -2.46. The van der Waals surface area contributed by atoms with E-state index in [1.165, 1.54) is 10.7 Å². The molecule has 2 amide bonds. The normalized spacial score (nSPS) is 16.7. The van der Waals surface area contributed by atoms with Gasteiger partial charge in [0.1, 0.15) is 17.9 Å². The van der Waals surface area contributed by atoms with Crippen molar-refractivity contribution in [3.8, 4) is 0 Å². The van der Waals surface area contributed by atoms with Crippen LogP contribution in [0.3, 0.4) is 0 Å². The summed E-state index contributed by atoms with van der Waals surface area (Å²) in [5, 5.41) is 17.1. The smallest absolute Gasteiger partial charge is 0.394 e. The minimum Gasteiger partial charge on any atom is -0.394 e. The molecule has 1 aliphatic rings. The number of hydrogen-bond acceptors (Lipinski definition) is 5. The second-order valence-electron chi connectivity index (χ2n) is 7.88. The summed E-state index contributed by atoms with van der Waals surface area (Å²) in [6.07, 6.45) is -0.346. The zero-order chi connectivity index (χ0) is 23.6. The first-order chi connectivity index (χ1) is 15.7. The number of hydrogen-bond donors (Lipinski definition) is 2. The van der Waals surface area contributed by atoms with Crippen molar-refractivity contribution in [3.63, 3.8) is 0 Å². The van der Waals surface area contributed by atoms with Crippen LogP contribution in [0.4, 0.5) is 18.9 Å². The molecule has 1 saturated heterocycles. The highest BCUT2D eigenvalue weighted by Crippen LogP contribution is 2.27. The summed E-state index contributed by atoms with van der Waals surface area (Å²) in [6.45, 7) is 0.544. The van der Waals surface area contributed by atoms with Crippen molar-refractivity contribution in [2.45, 2.75) is 38.0 Å². The lowest BCUT2D eigenvalue weighted by atomic mass is 10.0. The summed E-state index contributed by atoms with van der Waals surface area (Å²) in [4.78, 5) is 30.1. The SMILES string of the molecule is O=C(Nc1ccc2nn(CC(=O)N3CCCC[C@H]3CO)cc2c1)c1cccc(C(F)(F)F)n1. The third-order valence-corrected chi connectivity index (χ3v) is 5.54. The number of likely N-dealkylation sites (tertiary alicyclic amines) is 1. The number of aromatic nitrogens is 3. The number of nitrogens with one attached hydrogen (secondary N) is 1. The second kappa shape index (κ2) is 9.18. The van der Waals surface area contributed by atoms with Gasteiger partial charge in [-0.05, 0) is 49.6 Å². The van der Waals surface area contributed by atoms with Gasteiger partial charge in [-0.1, -0.05) is 6.07 Å². The van der Waals surface area contributed by atoms with Crippen LogP contribution in [-0.4, -0.2) is 55.8 Å². The fourth-order valence-corrected chi connectivity index (χ4v) is 3.90. The lowest BCUT2D eigenvalue weighted by molar-refractivity contribution is -0.141. The van der Waals surface area contributed by atoms with Crippen molar-refractivity contribution in [1.29, 1.82) is 0 Å². The number of benzene rings is 1. The number of alkyl halides is 3. The van der Waals surface area contributed by atoms with Gasteiger partial charge in [0.2, 0.25) is 5.91 Å². The quantitative estimate of drug-likeness (QED) is 0.608. The zero-order valence-electron chi connectivity index (χ0n) is 17.5. The first kappa shape index (κ1) is 22.7. The maximum Gasteiger partial charge on any atom is 0.433 e. The molecule has 0 spiro atoms. The van der Waals surface area contributed by atoms with Crippen LogP contribution in [-0.2, 0) is 17.5 Å². The number of anilines is 1. The molecule has 1 atom stereocenters. The van der Waals surface area contributed by atoms with Crippen LogP contribution in [0.5, 0.6) is 0 Å². The summed E-state index contributed by atoms with van der Waals surface area (Å²) in [6, 6.07) is 7.77. The molecule has 1 aromatic carbocycles. The Labute approximate surface area is 187 Å². The monoisotopic (exact) mass is 461 g/mol. The first-order valence-corrected chi connectivity index (χ1v) is 10.5. The Morgan fingerprint density at radius 1 is 1.18 bits per heavy atom. The molecule has 3 aromatic rings. The van der Waals surface area contributed by atoms with E-state index in [1.54, 1.807) is 29.3 Å². The van der Waals surface area contributed by atoms with Gasteiger partial charge in [-0.2, -0.15) is 18.3 Å². The molecule has 0 aliphatic carbocycles. The van der Waals surface area contributed by atoms with E-state index in [0.717, 1.165) is 31.4 Å². The van der Waals surface area contributed by atoms with Gasteiger partial charge < -0.3 is 15.3 Å². The molecule has 1 aliphatic heterocycles. The average molecular weight is 461 g/mol. The fourth-order valence-electron chi connectivity index (χ4n) is 3.90. The highest BCUT2D eigenvalue weighted by atomic mass is 19.4. The predicted molar refractivity (Wildman–Crippen MR) is 113 cm³/mol. The maximum absolute atomic E-state index is 12.8. The van der Waals surface area contributed by atoms with Gasteiger partial charge in [-0.15, -0.1) is 0 Å². The molecular formula is C22H22F3N5O3. The molecule has 11 heteroatoms. The Hall–Kier alpha value is -3.47. The number of carbonyl (C=O) groups excluding carboxylic acids is 2. The van der Waals surface area contributed by atoms with Crippen LogP contribution in [0, 0.1) is 0 Å². The van der Waals surface area contributed by atoms with Gasteiger partial charge >= 0.3 is 6.18 Å². The topological polar surface area (TPSA) is 100 Å². The summed E-state index contributed by atoms with van der Waals surface area (Å²) >= 11 is 0. The van der Waals surface area contributed by atoms with Crippen molar-refractivity contribution >= 4 is 28.4 Å². The highest BCUT2D eigenvalue weighted by molar-refractivity contribution is 6.03. The minimum absolute atomic E-state index is 0.0149. The minimum atomic E-state index is -4.65. The van der Waals surface area contributed by atoms with E-state index in [2.05, 4.69) is 15.4 Å². The van der Waals surface area contributed by atoms with Gasteiger partial charge in [0.25, 0.3) is 5.91 Å². The fraction of sp³-hybridized carbons (Fsp3) is 0.364. The van der Waals surface area contributed by atoms with E-state index in [-0.39, 0.29) is 30.8 Å². The van der Waals surface area contributed by atoms with Crippen LogP contribution in [0.2, 0.25) is 0 Å². The molecular weight excluding hydrogens is 439 g/mol. The molecule has 0 radical (unpaired) electrons. The van der Waals surface area contributed by atoms with Gasteiger partial charge in [0.05, 0.1) is 18.2 Å². The molecule has 33 heavy (non-hydrogen) atoms. The Balaban J connectivity index is 1.47. The Kier molecular flexibility index (Phi) is 6.32. The number of aliphatic hydroxyl groups excluding tert-OH is 1. The van der Waals surface area contributed by atoms with Crippen molar-refractivity contribution in [3.05, 3.63) is 54.0 Å². The number of carbonyl (C=O) groups is 2. The third kappa shape index (κ3) is 5.14. The standard InChI is InChI=1S/C22H22F3N5O3/c23-22(24,25)19-6-3-5-18(27-19)21(33)26-15-7-8-17-14(10-15)11-29(28-17)12-20(32)30-9-2-1-4-16(30)13-31/h3,5-8,10-11,16,31H,1-2,4,9,12-13H2,(H,26,33)/t16-/m0/s1. The number of amides is 2. The van der Waals surface area contributed by atoms with Crippen molar-refractivity contribution in [2.75, 3.05) is 18.5 Å². The number of nitrogens with zero attached hydrogens (tertiary/aromatic N) is 4. The summed E-state index contributed by atoms with van der Waals surface area (Å²) in [5.41, 5.74) is -0.552. The van der Waals surface area contributed by atoms with E-state index >= 15 is 0 Å². The number of rotatable bonds is 5. The van der Waals surface area contributed by atoms with Gasteiger partial charge in [-0.3, -0.25) is 14.3 Å². The largest absolute Gasteiger partial charge is 0.433 e. The van der Waals surface area contributed by atoms with Crippen LogP contribution in [0.1, 0.15) is 35.4 Å². The molecule has 4 rings (SSSR count). The van der Waals surface area contributed by atoms with Crippen molar-refractivity contribution in [2.24, 2.45) is 0 Å². The van der Waals surface area contributed by atoms with E-state index in [9.17, 15) is 27.9 Å². The Bertz CT molecular complexity index is 1180. The Morgan fingerprint density at radius 3 is 2.76 bits per heavy atom. The molecule has 1 fully saturated rings. The molecule has 0 bridgehead atoms. The molecule has 174 valence electrons. The number of piperidine rings is 1. The van der Waals surface area contributed by atoms with Gasteiger partial charge in [-0.25, -0.2) is 4.98 Å². The third-order valence-electron chi connectivity index (χ3n) is 5.54. The maximum atomic E-state index is 12.8. The van der Waals surface area contributed by atoms with E-state index in [1.807, 2.05) is 0 Å². The number of aliphatic hydroxyl groups is 1. The van der Waals surface area contributed by atoms with Gasteiger partial charge in [0.15, 0.2) is 0 Å². The van der Waals surface area contributed by atoms with Crippen molar-refractivity contribution < 1.29 is 27.9 Å². The summed E-state index contributed by atoms with van der Waals surface area (Å²) in [7, 11) is 0. The molecule has 2 aromatic heterocycles. The van der Waals surface area contributed by atoms with E-state index < -0.39 is 17.8 Å². The van der Waals surface area contributed by atoms with Crippen LogP contribution < -0.4 is 5.32 Å². The Morgan fingerprint density at radius 2 is 2.00 bits per heavy atom. The van der Waals surface area contributed by atoms with E-state index in [0.29, 0.717) is 23.1 Å². The summed E-state index contributed by atoms with van der Waals surface area (Å²) in [5.74, 6) is -0.908. The first-order valence-electron chi connectivity index (χ1n) is 10.5. The zero-order valence-corrected chi connectivity index (χ0v) is 17.5. The van der Waals surface area contributed by atoms with Crippen molar-refractivity contribution in [1.82, 2.24) is 19.7 Å². The second-order valence-corrected chi connectivity index (χ2v) is 7.88.